The van der Waals surface area contributed by atoms with Crippen molar-refractivity contribution in [2.45, 2.75) is 12.6 Å². The fourth-order valence-corrected chi connectivity index (χ4v) is 2.57. The molecular weight excluding hydrogens is 273 g/mol. The first kappa shape index (κ1) is 14.5. The highest BCUT2D eigenvalue weighted by Gasteiger charge is 2.13. The van der Waals surface area contributed by atoms with Gasteiger partial charge in [0.1, 0.15) is 5.82 Å². The summed E-state index contributed by atoms with van der Waals surface area (Å²) in [6.07, 6.45) is 0. The van der Waals surface area contributed by atoms with E-state index in [9.17, 15) is 4.39 Å². The van der Waals surface area contributed by atoms with E-state index in [0.717, 1.165) is 0 Å². The Hall–Kier alpha value is -2.45. The monoisotopic (exact) mass is 291 g/mol. The molecule has 1 N–H and O–H groups in total. The van der Waals surface area contributed by atoms with E-state index < -0.39 is 0 Å². The van der Waals surface area contributed by atoms with E-state index in [2.05, 4.69) is 29.6 Å². The third-order valence-corrected chi connectivity index (χ3v) is 3.72. The summed E-state index contributed by atoms with van der Waals surface area (Å²) >= 11 is 0. The van der Waals surface area contributed by atoms with E-state index in [0.29, 0.717) is 12.1 Å². The number of hydrogen-bond donors (Lipinski definition) is 1. The molecule has 0 atom stereocenters. The van der Waals surface area contributed by atoms with Gasteiger partial charge in [0.25, 0.3) is 0 Å². The first-order valence-electron chi connectivity index (χ1n) is 7.41. The van der Waals surface area contributed by atoms with E-state index in [1.165, 1.54) is 17.2 Å². The molecule has 2 heteroatoms. The van der Waals surface area contributed by atoms with E-state index in [4.69, 9.17) is 0 Å². The summed E-state index contributed by atoms with van der Waals surface area (Å²) in [5, 5.41) is 3.47. The van der Waals surface area contributed by atoms with E-state index in [1.54, 1.807) is 6.07 Å². The van der Waals surface area contributed by atoms with Crippen LogP contribution in [0, 0.1) is 5.82 Å². The molecule has 3 aromatic carbocycles. The molecule has 0 aliphatic rings. The van der Waals surface area contributed by atoms with Crippen LogP contribution in [-0.2, 0) is 6.54 Å². The van der Waals surface area contributed by atoms with Gasteiger partial charge in [0, 0.05) is 12.1 Å². The Kier molecular flexibility index (Phi) is 4.62. The molecule has 0 heterocycles. The second-order valence-corrected chi connectivity index (χ2v) is 5.23. The molecule has 0 saturated heterocycles. The first-order chi connectivity index (χ1) is 10.8. The quantitative estimate of drug-likeness (QED) is 0.718. The highest BCUT2D eigenvalue weighted by Crippen LogP contribution is 2.22. The van der Waals surface area contributed by atoms with Gasteiger partial charge >= 0.3 is 0 Å². The molecular formula is C20H18FN. The summed E-state index contributed by atoms with van der Waals surface area (Å²) in [7, 11) is 0. The highest BCUT2D eigenvalue weighted by molar-refractivity contribution is 5.32. The van der Waals surface area contributed by atoms with Crippen LogP contribution in [0.25, 0.3) is 0 Å². The topological polar surface area (TPSA) is 12.0 Å². The smallest absolute Gasteiger partial charge is 0.127 e. The molecule has 0 amide bonds. The third-order valence-electron chi connectivity index (χ3n) is 3.72. The maximum Gasteiger partial charge on any atom is 0.127 e. The second kappa shape index (κ2) is 7.01. The van der Waals surface area contributed by atoms with Crippen LogP contribution in [0.5, 0.6) is 0 Å². The molecule has 3 rings (SSSR count). The molecule has 0 saturated carbocycles. The lowest BCUT2D eigenvalue weighted by molar-refractivity contribution is 0.561. The first-order valence-corrected chi connectivity index (χ1v) is 7.41. The van der Waals surface area contributed by atoms with Crippen LogP contribution >= 0.6 is 0 Å². The summed E-state index contributed by atoms with van der Waals surface area (Å²) in [6.45, 7) is 0.487. The average molecular weight is 291 g/mol. The van der Waals surface area contributed by atoms with Crippen molar-refractivity contribution in [3.05, 3.63) is 107 Å². The minimum Gasteiger partial charge on any atom is -0.302 e. The zero-order valence-corrected chi connectivity index (χ0v) is 12.2. The van der Waals surface area contributed by atoms with Crippen molar-refractivity contribution < 1.29 is 4.39 Å². The Morgan fingerprint density at radius 3 is 1.73 bits per heavy atom. The normalized spacial score (nSPS) is 10.8. The number of hydrogen-bond acceptors (Lipinski definition) is 1. The van der Waals surface area contributed by atoms with E-state index >= 15 is 0 Å². The van der Waals surface area contributed by atoms with Crippen LogP contribution in [-0.4, -0.2) is 0 Å². The summed E-state index contributed by atoms with van der Waals surface area (Å²) < 4.78 is 13.8. The molecule has 0 fully saturated rings. The highest BCUT2D eigenvalue weighted by atomic mass is 19.1. The van der Waals surface area contributed by atoms with Crippen molar-refractivity contribution in [2.24, 2.45) is 0 Å². The van der Waals surface area contributed by atoms with Crippen molar-refractivity contribution in [3.8, 4) is 0 Å². The SMILES string of the molecule is Fc1ccccc1CNC(c1ccccc1)c1ccccc1. The minimum atomic E-state index is -0.171. The molecule has 3 aromatic rings. The lowest BCUT2D eigenvalue weighted by atomic mass is 9.98. The molecule has 110 valence electrons. The summed E-state index contributed by atoms with van der Waals surface area (Å²) in [5.74, 6) is -0.171. The van der Waals surface area contributed by atoms with E-state index in [1.807, 2.05) is 48.5 Å². The summed E-state index contributed by atoms with van der Waals surface area (Å²) in [5.41, 5.74) is 3.02. The molecule has 0 aromatic heterocycles. The van der Waals surface area contributed by atoms with Gasteiger partial charge in [-0.3, -0.25) is 0 Å². The van der Waals surface area contributed by atoms with Crippen molar-refractivity contribution >= 4 is 0 Å². The van der Waals surface area contributed by atoms with Gasteiger partial charge in [-0.1, -0.05) is 78.9 Å². The fourth-order valence-electron chi connectivity index (χ4n) is 2.57. The number of nitrogens with one attached hydrogen (secondary N) is 1. The van der Waals surface area contributed by atoms with Gasteiger partial charge in [0.15, 0.2) is 0 Å². The number of rotatable bonds is 5. The average Bonchev–Trinajstić information content (AvgIpc) is 2.59. The second-order valence-electron chi connectivity index (χ2n) is 5.23. The zero-order valence-electron chi connectivity index (χ0n) is 12.2. The molecule has 0 radical (unpaired) electrons. The molecule has 0 spiro atoms. The van der Waals surface area contributed by atoms with Crippen molar-refractivity contribution in [2.75, 3.05) is 0 Å². The predicted molar refractivity (Wildman–Crippen MR) is 88.0 cm³/mol. The number of benzene rings is 3. The Morgan fingerprint density at radius 2 is 1.18 bits per heavy atom. The Labute approximate surface area is 130 Å². The molecule has 1 nitrogen and oxygen atoms in total. The number of halogens is 1. The fraction of sp³-hybridized carbons (Fsp3) is 0.100. The Bertz CT molecular complexity index is 671. The largest absolute Gasteiger partial charge is 0.302 e. The zero-order chi connectivity index (χ0) is 15.2. The van der Waals surface area contributed by atoms with Crippen LogP contribution in [0.3, 0.4) is 0 Å². The van der Waals surface area contributed by atoms with Gasteiger partial charge in [-0.15, -0.1) is 0 Å². The van der Waals surface area contributed by atoms with Crippen LogP contribution in [0.1, 0.15) is 22.7 Å². The van der Waals surface area contributed by atoms with Crippen LogP contribution in [0.15, 0.2) is 84.9 Å². The van der Waals surface area contributed by atoms with Gasteiger partial charge in [0.05, 0.1) is 6.04 Å². The van der Waals surface area contributed by atoms with Gasteiger partial charge in [-0.2, -0.15) is 0 Å². The molecule has 0 bridgehead atoms. The van der Waals surface area contributed by atoms with Crippen molar-refractivity contribution in [1.82, 2.24) is 5.32 Å². The lowest BCUT2D eigenvalue weighted by Crippen LogP contribution is -2.22. The predicted octanol–water partition coefficient (Wildman–Crippen LogP) is 4.70. The van der Waals surface area contributed by atoms with Gasteiger partial charge in [0.2, 0.25) is 0 Å². The molecule has 0 unspecified atom stereocenters. The van der Waals surface area contributed by atoms with Gasteiger partial charge in [-0.25, -0.2) is 4.39 Å². The summed E-state index contributed by atoms with van der Waals surface area (Å²) in [4.78, 5) is 0. The Morgan fingerprint density at radius 1 is 0.682 bits per heavy atom. The molecule has 0 aliphatic carbocycles. The third kappa shape index (κ3) is 3.41. The molecule has 0 aliphatic heterocycles. The van der Waals surface area contributed by atoms with Crippen LogP contribution < -0.4 is 5.32 Å². The van der Waals surface area contributed by atoms with Crippen LogP contribution in [0.2, 0.25) is 0 Å². The van der Waals surface area contributed by atoms with Gasteiger partial charge in [-0.05, 0) is 17.2 Å². The lowest BCUT2D eigenvalue weighted by Gasteiger charge is -2.20. The van der Waals surface area contributed by atoms with E-state index in [-0.39, 0.29) is 11.9 Å². The van der Waals surface area contributed by atoms with Crippen molar-refractivity contribution in [3.63, 3.8) is 0 Å². The minimum absolute atomic E-state index is 0.0435. The van der Waals surface area contributed by atoms with Crippen LogP contribution in [0.4, 0.5) is 4.39 Å². The standard InChI is InChI=1S/C20H18FN/c21-19-14-8-7-13-18(19)15-22-20(16-9-3-1-4-10-16)17-11-5-2-6-12-17/h1-14,20,22H,15H2. The summed E-state index contributed by atoms with van der Waals surface area (Å²) in [6, 6.07) is 27.4. The van der Waals surface area contributed by atoms with Gasteiger partial charge < -0.3 is 5.32 Å². The van der Waals surface area contributed by atoms with Crippen molar-refractivity contribution in [1.29, 1.82) is 0 Å². The maximum atomic E-state index is 13.8. The maximum absolute atomic E-state index is 13.8. The Balaban J connectivity index is 1.85. The molecule has 22 heavy (non-hydrogen) atoms.